The Morgan fingerprint density at radius 3 is 3.09 bits per heavy atom. The predicted octanol–water partition coefficient (Wildman–Crippen LogP) is 2.57. The molecule has 1 atom stereocenters. The Balaban J connectivity index is 1.83. The highest BCUT2D eigenvalue weighted by molar-refractivity contribution is 5.81. The number of rotatable bonds is 5. The number of piperidine rings is 1. The van der Waals surface area contributed by atoms with Crippen molar-refractivity contribution in [2.75, 3.05) is 24.5 Å². The fourth-order valence-electron chi connectivity index (χ4n) is 3.31. The molecular formula is C18H24N4O. The van der Waals surface area contributed by atoms with Crippen LogP contribution in [0.2, 0.25) is 0 Å². The average Bonchev–Trinajstić information content (AvgIpc) is 2.98. The lowest BCUT2D eigenvalue weighted by Gasteiger charge is -2.33. The van der Waals surface area contributed by atoms with Gasteiger partial charge in [-0.25, -0.2) is 4.98 Å². The molecule has 1 amide bonds. The van der Waals surface area contributed by atoms with E-state index in [0.717, 1.165) is 49.5 Å². The smallest absolute Gasteiger partial charge is 0.225 e. The first-order valence-corrected chi connectivity index (χ1v) is 8.33. The van der Waals surface area contributed by atoms with Crippen LogP contribution in [0.4, 0.5) is 5.95 Å². The summed E-state index contributed by atoms with van der Waals surface area (Å²) < 4.78 is 2.24. The number of nitrogens with zero attached hydrogens (tertiary/aromatic N) is 3. The summed E-state index contributed by atoms with van der Waals surface area (Å²) in [7, 11) is 0. The van der Waals surface area contributed by atoms with Gasteiger partial charge >= 0.3 is 0 Å². The van der Waals surface area contributed by atoms with Crippen molar-refractivity contribution in [3.63, 3.8) is 0 Å². The summed E-state index contributed by atoms with van der Waals surface area (Å²) in [5.41, 5.74) is 2.17. The maximum absolute atomic E-state index is 12.2. The number of aryl methyl sites for hydroxylation is 1. The largest absolute Gasteiger partial charge is 0.352 e. The van der Waals surface area contributed by atoms with E-state index in [4.69, 9.17) is 4.98 Å². The quantitative estimate of drug-likeness (QED) is 0.863. The van der Waals surface area contributed by atoms with Gasteiger partial charge in [-0.15, -0.1) is 6.58 Å². The molecule has 0 bridgehead atoms. The number of fused-ring (bicyclic) bond motifs is 1. The van der Waals surface area contributed by atoms with Crippen LogP contribution in [0.1, 0.15) is 19.8 Å². The number of benzene rings is 1. The summed E-state index contributed by atoms with van der Waals surface area (Å²) in [6.45, 7) is 8.87. The molecule has 5 heteroatoms. The summed E-state index contributed by atoms with van der Waals surface area (Å²) in [6, 6.07) is 8.21. The van der Waals surface area contributed by atoms with Gasteiger partial charge in [-0.3, -0.25) is 4.79 Å². The predicted molar refractivity (Wildman–Crippen MR) is 93.6 cm³/mol. The Kier molecular flexibility index (Phi) is 4.65. The lowest BCUT2D eigenvalue weighted by atomic mass is 9.97. The Hall–Kier alpha value is -2.30. The molecule has 2 aromatic rings. The van der Waals surface area contributed by atoms with Crippen molar-refractivity contribution in [1.82, 2.24) is 14.9 Å². The number of carbonyl (C=O) groups is 1. The van der Waals surface area contributed by atoms with Gasteiger partial charge in [0.05, 0.1) is 17.0 Å². The van der Waals surface area contributed by atoms with Gasteiger partial charge in [0, 0.05) is 26.2 Å². The van der Waals surface area contributed by atoms with Crippen LogP contribution in [-0.4, -0.2) is 35.1 Å². The number of imidazole rings is 1. The molecule has 0 radical (unpaired) electrons. The second kappa shape index (κ2) is 6.86. The zero-order chi connectivity index (χ0) is 16.2. The number of aromatic nitrogens is 2. The van der Waals surface area contributed by atoms with Gasteiger partial charge in [0.15, 0.2) is 0 Å². The zero-order valence-electron chi connectivity index (χ0n) is 13.7. The van der Waals surface area contributed by atoms with Crippen LogP contribution in [0.3, 0.4) is 0 Å². The summed E-state index contributed by atoms with van der Waals surface area (Å²) in [5, 5.41) is 2.92. The molecule has 3 rings (SSSR count). The van der Waals surface area contributed by atoms with Crippen LogP contribution < -0.4 is 10.2 Å². The first-order valence-electron chi connectivity index (χ1n) is 8.33. The third-order valence-corrected chi connectivity index (χ3v) is 4.45. The summed E-state index contributed by atoms with van der Waals surface area (Å²) in [4.78, 5) is 19.3. The van der Waals surface area contributed by atoms with Crippen molar-refractivity contribution < 1.29 is 4.79 Å². The number of amides is 1. The molecule has 0 unspecified atom stereocenters. The Bertz CT molecular complexity index is 706. The first-order chi connectivity index (χ1) is 11.2. The fourth-order valence-corrected chi connectivity index (χ4v) is 3.31. The van der Waals surface area contributed by atoms with Gasteiger partial charge in [-0.05, 0) is 31.9 Å². The topological polar surface area (TPSA) is 50.2 Å². The number of hydrogen-bond donors (Lipinski definition) is 1. The van der Waals surface area contributed by atoms with Crippen molar-refractivity contribution >= 4 is 22.9 Å². The third kappa shape index (κ3) is 3.09. The van der Waals surface area contributed by atoms with E-state index in [9.17, 15) is 4.79 Å². The van der Waals surface area contributed by atoms with E-state index in [2.05, 4.69) is 34.4 Å². The highest BCUT2D eigenvalue weighted by atomic mass is 16.1. The lowest BCUT2D eigenvalue weighted by Crippen LogP contribution is -2.44. The first kappa shape index (κ1) is 15.6. The van der Waals surface area contributed by atoms with Crippen LogP contribution in [-0.2, 0) is 11.3 Å². The molecule has 1 saturated heterocycles. The summed E-state index contributed by atoms with van der Waals surface area (Å²) in [6.07, 6.45) is 3.67. The average molecular weight is 312 g/mol. The number of hydrogen-bond acceptors (Lipinski definition) is 3. The van der Waals surface area contributed by atoms with Gasteiger partial charge < -0.3 is 14.8 Å². The Morgan fingerprint density at radius 2 is 2.30 bits per heavy atom. The van der Waals surface area contributed by atoms with Gasteiger partial charge in [-0.1, -0.05) is 18.2 Å². The maximum Gasteiger partial charge on any atom is 0.225 e. The number of nitrogens with one attached hydrogen (secondary N) is 1. The van der Waals surface area contributed by atoms with Crippen LogP contribution in [0, 0.1) is 5.92 Å². The van der Waals surface area contributed by atoms with Gasteiger partial charge in [0.1, 0.15) is 0 Å². The van der Waals surface area contributed by atoms with E-state index >= 15 is 0 Å². The third-order valence-electron chi connectivity index (χ3n) is 4.45. The van der Waals surface area contributed by atoms with Crippen molar-refractivity contribution in [1.29, 1.82) is 0 Å². The maximum atomic E-state index is 12.2. The van der Waals surface area contributed by atoms with Gasteiger partial charge in [-0.2, -0.15) is 0 Å². The molecule has 0 saturated carbocycles. The van der Waals surface area contributed by atoms with Crippen LogP contribution in [0.25, 0.3) is 11.0 Å². The highest BCUT2D eigenvalue weighted by Gasteiger charge is 2.28. The van der Waals surface area contributed by atoms with E-state index in [0.29, 0.717) is 6.54 Å². The van der Waals surface area contributed by atoms with Crippen molar-refractivity contribution in [2.45, 2.75) is 26.3 Å². The van der Waals surface area contributed by atoms with Crippen LogP contribution >= 0.6 is 0 Å². The number of anilines is 1. The minimum Gasteiger partial charge on any atom is -0.352 e. The van der Waals surface area contributed by atoms with Crippen LogP contribution in [0.5, 0.6) is 0 Å². The van der Waals surface area contributed by atoms with Gasteiger partial charge in [0.2, 0.25) is 11.9 Å². The molecule has 1 aliphatic rings. The molecule has 1 N–H and O–H groups in total. The number of carbonyl (C=O) groups excluding carboxylic acids is 1. The molecule has 1 aliphatic heterocycles. The van der Waals surface area contributed by atoms with Gasteiger partial charge in [0.25, 0.3) is 0 Å². The molecule has 2 heterocycles. The molecule has 1 fully saturated rings. The molecular weight excluding hydrogens is 288 g/mol. The highest BCUT2D eigenvalue weighted by Crippen LogP contribution is 2.26. The molecule has 23 heavy (non-hydrogen) atoms. The second-order valence-corrected chi connectivity index (χ2v) is 5.96. The van der Waals surface area contributed by atoms with E-state index in [-0.39, 0.29) is 11.8 Å². The second-order valence-electron chi connectivity index (χ2n) is 5.96. The Labute approximate surface area is 137 Å². The Morgan fingerprint density at radius 1 is 1.48 bits per heavy atom. The van der Waals surface area contributed by atoms with E-state index < -0.39 is 0 Å². The minimum atomic E-state index is 0.0221. The standard InChI is InChI=1S/C18H24N4O/c1-3-11-19-17(23)14-8-7-12-21(13-14)18-20-15-9-5-6-10-16(15)22(18)4-2/h3,5-6,9-10,14H,1,4,7-8,11-13H2,2H3,(H,19,23)/t14-/m1/s1. The fraction of sp³-hybridized carbons (Fsp3) is 0.444. The summed E-state index contributed by atoms with van der Waals surface area (Å²) in [5.74, 6) is 1.12. The molecule has 0 aliphatic carbocycles. The molecule has 1 aromatic heterocycles. The zero-order valence-corrected chi connectivity index (χ0v) is 13.7. The van der Waals surface area contributed by atoms with E-state index in [1.165, 1.54) is 0 Å². The molecule has 0 spiro atoms. The molecule has 122 valence electrons. The minimum absolute atomic E-state index is 0.0221. The van der Waals surface area contributed by atoms with Crippen LogP contribution in [0.15, 0.2) is 36.9 Å². The van der Waals surface area contributed by atoms with Crippen molar-refractivity contribution in [2.24, 2.45) is 5.92 Å². The normalized spacial score (nSPS) is 18.1. The SMILES string of the molecule is C=CCNC(=O)[C@@H]1CCCN(c2nc3ccccc3n2CC)C1. The molecule has 1 aromatic carbocycles. The lowest BCUT2D eigenvalue weighted by molar-refractivity contribution is -0.125. The monoisotopic (exact) mass is 312 g/mol. The van der Waals surface area contributed by atoms with Crippen molar-refractivity contribution in [3.8, 4) is 0 Å². The van der Waals surface area contributed by atoms with E-state index in [1.807, 2.05) is 18.2 Å². The number of para-hydroxylation sites is 2. The van der Waals surface area contributed by atoms with Crippen molar-refractivity contribution in [3.05, 3.63) is 36.9 Å². The molecule has 5 nitrogen and oxygen atoms in total. The van der Waals surface area contributed by atoms with E-state index in [1.54, 1.807) is 6.08 Å². The summed E-state index contributed by atoms with van der Waals surface area (Å²) >= 11 is 0.